The van der Waals surface area contributed by atoms with E-state index in [1.165, 1.54) is 0 Å². The SMILES string of the molecule is CN(C)C1=C([SH](=O)=O)CCC=C1. The third-order valence-electron chi connectivity index (χ3n) is 1.82. The van der Waals surface area contributed by atoms with Crippen molar-refractivity contribution in [3.63, 3.8) is 0 Å². The minimum atomic E-state index is -2.40. The molecule has 0 aliphatic heterocycles. The Morgan fingerprint density at radius 3 is 2.50 bits per heavy atom. The molecule has 0 fully saturated rings. The van der Waals surface area contributed by atoms with Gasteiger partial charge in [-0.3, -0.25) is 0 Å². The number of rotatable bonds is 2. The van der Waals surface area contributed by atoms with Gasteiger partial charge in [0.15, 0.2) is 10.7 Å². The fourth-order valence-electron chi connectivity index (χ4n) is 1.23. The van der Waals surface area contributed by atoms with Crippen LogP contribution in [-0.2, 0) is 10.7 Å². The largest absolute Gasteiger partial charge is 0.377 e. The molecule has 68 valence electrons. The lowest BCUT2D eigenvalue weighted by molar-refractivity contribution is 0.519. The van der Waals surface area contributed by atoms with Gasteiger partial charge in [0.25, 0.3) is 0 Å². The van der Waals surface area contributed by atoms with Gasteiger partial charge in [-0.05, 0) is 18.9 Å². The molecule has 3 nitrogen and oxygen atoms in total. The normalized spacial score (nSPS) is 17.2. The summed E-state index contributed by atoms with van der Waals surface area (Å²) in [6.07, 6.45) is 5.33. The Hall–Kier alpha value is -0.770. The van der Waals surface area contributed by atoms with Crippen LogP contribution in [0.15, 0.2) is 22.8 Å². The summed E-state index contributed by atoms with van der Waals surface area (Å²) >= 11 is 0. The molecule has 0 aromatic rings. The highest BCUT2D eigenvalue weighted by molar-refractivity contribution is 7.76. The average Bonchev–Trinajstić information content (AvgIpc) is 2.04. The van der Waals surface area contributed by atoms with E-state index in [-0.39, 0.29) is 0 Å². The van der Waals surface area contributed by atoms with E-state index in [4.69, 9.17) is 0 Å². The summed E-state index contributed by atoms with van der Waals surface area (Å²) in [5.74, 6) is 0. The Labute approximate surface area is 74.3 Å². The van der Waals surface area contributed by atoms with Gasteiger partial charge in [0.1, 0.15) is 0 Å². The molecule has 0 radical (unpaired) electrons. The molecular weight excluding hydrogens is 174 g/mol. The summed E-state index contributed by atoms with van der Waals surface area (Å²) in [6.45, 7) is 0. The van der Waals surface area contributed by atoms with Crippen molar-refractivity contribution in [3.05, 3.63) is 22.8 Å². The minimum Gasteiger partial charge on any atom is -0.377 e. The van der Waals surface area contributed by atoms with Crippen LogP contribution in [0.3, 0.4) is 0 Å². The second kappa shape index (κ2) is 3.76. The number of allylic oxidation sites excluding steroid dienone is 3. The molecular formula is C8H13NO2S. The molecule has 0 aromatic carbocycles. The van der Waals surface area contributed by atoms with Gasteiger partial charge in [-0.2, -0.15) is 0 Å². The predicted molar refractivity (Wildman–Crippen MR) is 49.4 cm³/mol. The van der Waals surface area contributed by atoms with Crippen molar-refractivity contribution in [2.24, 2.45) is 0 Å². The van der Waals surface area contributed by atoms with Gasteiger partial charge < -0.3 is 4.90 Å². The van der Waals surface area contributed by atoms with Gasteiger partial charge >= 0.3 is 0 Å². The molecule has 0 bridgehead atoms. The molecule has 0 saturated heterocycles. The molecule has 0 atom stereocenters. The molecule has 4 heteroatoms. The van der Waals surface area contributed by atoms with E-state index in [2.05, 4.69) is 0 Å². The van der Waals surface area contributed by atoms with Crippen LogP contribution in [-0.4, -0.2) is 27.4 Å². The summed E-state index contributed by atoms with van der Waals surface area (Å²) in [5, 5.41) is 0. The van der Waals surface area contributed by atoms with Gasteiger partial charge in [-0.15, -0.1) is 0 Å². The first-order chi connectivity index (χ1) is 5.63. The molecule has 1 aliphatic carbocycles. The van der Waals surface area contributed by atoms with Crippen molar-refractivity contribution >= 4 is 10.7 Å². The first-order valence-electron chi connectivity index (χ1n) is 3.84. The van der Waals surface area contributed by atoms with E-state index in [0.29, 0.717) is 11.3 Å². The fourth-order valence-corrected chi connectivity index (χ4v) is 2.00. The Morgan fingerprint density at radius 1 is 1.42 bits per heavy atom. The molecule has 12 heavy (non-hydrogen) atoms. The zero-order valence-electron chi connectivity index (χ0n) is 7.28. The van der Waals surface area contributed by atoms with Crippen molar-refractivity contribution in [2.45, 2.75) is 12.8 Å². The van der Waals surface area contributed by atoms with Crippen molar-refractivity contribution in [1.82, 2.24) is 4.90 Å². The quantitative estimate of drug-likeness (QED) is 0.647. The highest BCUT2D eigenvalue weighted by Crippen LogP contribution is 2.20. The topological polar surface area (TPSA) is 37.4 Å². The van der Waals surface area contributed by atoms with Crippen molar-refractivity contribution < 1.29 is 8.42 Å². The standard InChI is InChI=1S/C8H13NO2S/c1-9(2)7-5-3-4-6-8(7)12(10)11/h3,5,12H,4,6H2,1-2H3. The van der Waals surface area contributed by atoms with Crippen LogP contribution < -0.4 is 0 Å². The molecule has 0 spiro atoms. The summed E-state index contributed by atoms with van der Waals surface area (Å²) in [7, 11) is 1.30. The van der Waals surface area contributed by atoms with Crippen molar-refractivity contribution in [2.75, 3.05) is 14.1 Å². The first kappa shape index (κ1) is 9.32. The molecule has 1 aliphatic rings. The zero-order chi connectivity index (χ0) is 9.14. The molecule has 0 N–H and O–H groups in total. The van der Waals surface area contributed by atoms with Crippen molar-refractivity contribution in [3.8, 4) is 0 Å². The van der Waals surface area contributed by atoms with Crippen LogP contribution in [0.1, 0.15) is 12.8 Å². The highest BCUT2D eigenvalue weighted by Gasteiger charge is 2.11. The Bertz CT molecular complexity index is 292. The predicted octanol–water partition coefficient (Wildman–Crippen LogP) is 0.721. The maximum Gasteiger partial charge on any atom is 0.166 e. The van der Waals surface area contributed by atoms with Crippen LogP contribution in [0, 0.1) is 0 Å². The van der Waals surface area contributed by atoms with Gasteiger partial charge in [-0.1, -0.05) is 6.08 Å². The van der Waals surface area contributed by atoms with Gasteiger partial charge in [0.2, 0.25) is 0 Å². The zero-order valence-corrected chi connectivity index (χ0v) is 8.17. The molecule has 0 saturated carbocycles. The Kier molecular flexibility index (Phi) is 2.92. The smallest absolute Gasteiger partial charge is 0.166 e. The average molecular weight is 187 g/mol. The van der Waals surface area contributed by atoms with Crippen LogP contribution in [0.2, 0.25) is 0 Å². The maximum atomic E-state index is 10.8. The van der Waals surface area contributed by atoms with Crippen LogP contribution in [0.5, 0.6) is 0 Å². The van der Waals surface area contributed by atoms with Crippen LogP contribution in [0.4, 0.5) is 0 Å². The maximum absolute atomic E-state index is 10.8. The number of nitrogens with zero attached hydrogens (tertiary/aromatic N) is 1. The molecule has 0 amide bonds. The summed E-state index contributed by atoms with van der Waals surface area (Å²) in [5.41, 5.74) is 0.817. The summed E-state index contributed by atoms with van der Waals surface area (Å²) < 4.78 is 21.6. The van der Waals surface area contributed by atoms with Crippen LogP contribution in [0.25, 0.3) is 0 Å². The van der Waals surface area contributed by atoms with Crippen molar-refractivity contribution in [1.29, 1.82) is 0 Å². The second-order valence-corrected chi connectivity index (χ2v) is 3.98. The number of likely N-dealkylation sites (N-methyl/N-ethyl adjacent to an activating group) is 1. The van der Waals surface area contributed by atoms with Crippen LogP contribution >= 0.6 is 0 Å². The van der Waals surface area contributed by atoms with Gasteiger partial charge in [-0.25, -0.2) is 8.42 Å². The second-order valence-electron chi connectivity index (χ2n) is 2.92. The van der Waals surface area contributed by atoms with Gasteiger partial charge in [0, 0.05) is 14.1 Å². The number of thiol groups is 1. The van der Waals surface area contributed by atoms with Gasteiger partial charge in [0.05, 0.1) is 10.6 Å². The third kappa shape index (κ3) is 1.88. The Morgan fingerprint density at radius 2 is 2.08 bits per heavy atom. The first-order valence-corrected chi connectivity index (χ1v) is 5.02. The molecule has 0 unspecified atom stereocenters. The van der Waals surface area contributed by atoms with E-state index in [0.717, 1.165) is 12.1 Å². The van der Waals surface area contributed by atoms with E-state index >= 15 is 0 Å². The lowest BCUT2D eigenvalue weighted by atomic mass is 10.1. The number of hydrogen-bond donors (Lipinski definition) is 1. The number of hydrogen-bond acceptors (Lipinski definition) is 3. The highest BCUT2D eigenvalue weighted by atomic mass is 32.2. The third-order valence-corrected chi connectivity index (χ3v) is 2.71. The lowest BCUT2D eigenvalue weighted by Crippen LogP contribution is -2.14. The van der Waals surface area contributed by atoms with E-state index in [1.54, 1.807) is 0 Å². The molecule has 0 aromatic heterocycles. The van der Waals surface area contributed by atoms with E-state index < -0.39 is 10.7 Å². The Balaban J connectivity index is 3.08. The summed E-state index contributed by atoms with van der Waals surface area (Å²) in [4.78, 5) is 2.38. The monoisotopic (exact) mass is 187 g/mol. The van der Waals surface area contributed by atoms with E-state index in [9.17, 15) is 8.42 Å². The lowest BCUT2D eigenvalue weighted by Gasteiger charge is -2.18. The summed E-state index contributed by atoms with van der Waals surface area (Å²) in [6, 6.07) is 0. The molecule has 0 heterocycles. The minimum absolute atomic E-state index is 0.553. The fraction of sp³-hybridized carbons (Fsp3) is 0.500. The molecule has 1 rings (SSSR count). The van der Waals surface area contributed by atoms with E-state index in [1.807, 2.05) is 31.1 Å².